The molecule has 11 heteroatoms. The van der Waals surface area contributed by atoms with Crippen molar-refractivity contribution < 1.29 is 30.8 Å². The van der Waals surface area contributed by atoms with Crippen LogP contribution >= 0.6 is 11.6 Å². The Morgan fingerprint density at radius 1 is 1.06 bits per heavy atom. The van der Waals surface area contributed by atoms with Gasteiger partial charge in [0.15, 0.2) is 0 Å². The second-order valence-electron chi connectivity index (χ2n) is 7.33. The molecule has 0 aromatic heterocycles. The van der Waals surface area contributed by atoms with E-state index in [9.17, 15) is 30.8 Å². The molecule has 2 atom stereocenters. The molecule has 0 saturated heterocycles. The largest absolute Gasteiger partial charge is 0.391 e. The third kappa shape index (κ3) is 5.88. The van der Waals surface area contributed by atoms with Crippen LogP contribution < -0.4 is 10.0 Å². The van der Waals surface area contributed by atoms with Gasteiger partial charge in [-0.25, -0.2) is 12.8 Å². The Labute approximate surface area is 181 Å². The maximum atomic E-state index is 13.0. The van der Waals surface area contributed by atoms with E-state index in [4.69, 9.17) is 11.6 Å². The molecule has 0 aliphatic heterocycles. The first-order valence-electron chi connectivity index (χ1n) is 9.41. The first-order valence-corrected chi connectivity index (χ1v) is 11.3. The number of carbonyl (C=O) groups is 1. The molecule has 0 unspecified atom stereocenters. The highest BCUT2D eigenvalue weighted by molar-refractivity contribution is 7.92. The molecule has 2 aromatic rings. The number of sulfonamides is 1. The Kier molecular flexibility index (Phi) is 6.80. The fraction of sp³-hybridized carbons (Fsp3) is 0.350. The summed E-state index contributed by atoms with van der Waals surface area (Å²) >= 11 is 6.04. The molecular weight excluding hydrogens is 460 g/mol. The van der Waals surface area contributed by atoms with Crippen LogP contribution in [-0.4, -0.2) is 26.5 Å². The molecule has 168 valence electrons. The molecule has 3 rings (SSSR count). The summed E-state index contributed by atoms with van der Waals surface area (Å²) in [6, 6.07) is 7.39. The Morgan fingerprint density at radius 2 is 1.74 bits per heavy atom. The lowest BCUT2D eigenvalue weighted by Gasteiger charge is -2.31. The number of nitrogens with one attached hydrogen (secondary N) is 2. The van der Waals surface area contributed by atoms with E-state index in [0.29, 0.717) is 12.8 Å². The van der Waals surface area contributed by atoms with Gasteiger partial charge in [-0.3, -0.25) is 9.52 Å². The Balaban J connectivity index is 1.77. The number of halogens is 5. The van der Waals surface area contributed by atoms with Crippen LogP contribution in [-0.2, 0) is 10.0 Å². The maximum Gasteiger partial charge on any atom is 0.391 e. The quantitative estimate of drug-likeness (QED) is 0.585. The second-order valence-corrected chi connectivity index (χ2v) is 9.42. The topological polar surface area (TPSA) is 75.3 Å². The lowest BCUT2D eigenvalue weighted by atomic mass is 9.85. The van der Waals surface area contributed by atoms with Crippen LogP contribution in [0.4, 0.5) is 23.2 Å². The molecule has 5 nitrogen and oxygen atoms in total. The smallest absolute Gasteiger partial charge is 0.349 e. The normalized spacial score (nSPS) is 19.6. The average molecular weight is 479 g/mol. The standard InChI is InChI=1S/C20H19ClF4N2O3S/c21-18-9-8-16(31(29,30)27-14-6-4-13(22)5-7-14)11-17(18)19(28)26-15-3-1-2-12(10-15)20(23,24)25/h4-9,11-12,15,27H,1-3,10H2,(H,26,28)/t12-,15-/m1/s1. The molecular formula is C20H19ClF4N2O3S. The van der Waals surface area contributed by atoms with Crippen molar-refractivity contribution in [1.82, 2.24) is 5.32 Å². The second kappa shape index (κ2) is 9.04. The van der Waals surface area contributed by atoms with E-state index in [2.05, 4.69) is 10.0 Å². The van der Waals surface area contributed by atoms with E-state index in [1.807, 2.05) is 0 Å². The van der Waals surface area contributed by atoms with E-state index in [1.54, 1.807) is 0 Å². The number of alkyl halides is 3. The monoisotopic (exact) mass is 478 g/mol. The van der Waals surface area contributed by atoms with E-state index in [1.165, 1.54) is 24.3 Å². The fourth-order valence-electron chi connectivity index (χ4n) is 3.46. The molecule has 1 fully saturated rings. The number of carbonyl (C=O) groups excluding carboxylic acids is 1. The van der Waals surface area contributed by atoms with Crippen LogP contribution in [0.5, 0.6) is 0 Å². The first kappa shape index (κ1) is 23.3. The van der Waals surface area contributed by atoms with Crippen LogP contribution in [0.15, 0.2) is 47.4 Å². The predicted molar refractivity (Wildman–Crippen MR) is 108 cm³/mol. The summed E-state index contributed by atoms with van der Waals surface area (Å²) < 4.78 is 79.5. The highest BCUT2D eigenvalue weighted by atomic mass is 35.5. The number of rotatable bonds is 5. The third-order valence-electron chi connectivity index (χ3n) is 5.06. The molecule has 1 aliphatic rings. The minimum Gasteiger partial charge on any atom is -0.349 e. The van der Waals surface area contributed by atoms with E-state index < -0.39 is 39.9 Å². The van der Waals surface area contributed by atoms with E-state index in [0.717, 1.165) is 18.2 Å². The fourth-order valence-corrected chi connectivity index (χ4v) is 4.75. The first-order chi connectivity index (χ1) is 14.5. The van der Waals surface area contributed by atoms with Crippen LogP contribution in [0.25, 0.3) is 0 Å². The Morgan fingerprint density at radius 3 is 2.39 bits per heavy atom. The Bertz CT molecular complexity index is 1060. The summed E-state index contributed by atoms with van der Waals surface area (Å²) in [6.07, 6.45) is -3.85. The van der Waals surface area contributed by atoms with Gasteiger partial charge in [0.2, 0.25) is 0 Å². The minimum atomic E-state index is -4.33. The SMILES string of the molecule is O=C(N[C@@H]1CCC[C@@H](C(F)(F)F)C1)c1cc(S(=O)(=O)Nc2ccc(F)cc2)ccc1Cl. The number of benzene rings is 2. The van der Waals surface area contributed by atoms with Gasteiger partial charge in [-0.2, -0.15) is 13.2 Å². The lowest BCUT2D eigenvalue weighted by Crippen LogP contribution is -2.41. The molecule has 2 N–H and O–H groups in total. The molecule has 0 heterocycles. The zero-order valence-electron chi connectivity index (χ0n) is 16.0. The van der Waals surface area contributed by atoms with Gasteiger partial charge in [-0.15, -0.1) is 0 Å². The summed E-state index contributed by atoms with van der Waals surface area (Å²) in [4.78, 5) is 12.4. The molecule has 0 spiro atoms. The van der Waals surface area contributed by atoms with Crippen molar-refractivity contribution in [2.75, 3.05) is 4.72 Å². The predicted octanol–water partition coefficient (Wildman–Crippen LogP) is 5.13. The maximum absolute atomic E-state index is 13.0. The molecule has 0 radical (unpaired) electrons. The molecule has 1 aliphatic carbocycles. The molecule has 31 heavy (non-hydrogen) atoms. The van der Waals surface area contributed by atoms with Crippen molar-refractivity contribution in [3.05, 3.63) is 58.9 Å². The number of hydrogen-bond acceptors (Lipinski definition) is 3. The van der Waals surface area contributed by atoms with E-state index in [-0.39, 0.29) is 34.0 Å². The third-order valence-corrected chi connectivity index (χ3v) is 6.77. The van der Waals surface area contributed by atoms with Gasteiger partial charge in [0.1, 0.15) is 5.82 Å². The van der Waals surface area contributed by atoms with Crippen LogP contribution in [0.2, 0.25) is 5.02 Å². The van der Waals surface area contributed by atoms with Gasteiger partial charge < -0.3 is 5.32 Å². The zero-order chi connectivity index (χ0) is 22.8. The summed E-state index contributed by atoms with van der Waals surface area (Å²) in [5.74, 6) is -2.78. The van der Waals surface area contributed by atoms with Crippen LogP contribution in [0, 0.1) is 11.7 Å². The molecule has 0 bridgehead atoms. The van der Waals surface area contributed by atoms with Gasteiger partial charge in [0, 0.05) is 11.7 Å². The van der Waals surface area contributed by atoms with Gasteiger partial charge in [0.25, 0.3) is 15.9 Å². The molecule has 2 aromatic carbocycles. The summed E-state index contributed by atoms with van der Waals surface area (Å²) in [7, 11) is -4.12. The zero-order valence-corrected chi connectivity index (χ0v) is 17.6. The van der Waals surface area contributed by atoms with Crippen LogP contribution in [0.3, 0.4) is 0 Å². The minimum absolute atomic E-state index is 0.0133. The van der Waals surface area contributed by atoms with Gasteiger partial charge in [-0.1, -0.05) is 18.0 Å². The van der Waals surface area contributed by atoms with Gasteiger partial charge in [0.05, 0.1) is 21.4 Å². The average Bonchev–Trinajstić information content (AvgIpc) is 2.69. The van der Waals surface area contributed by atoms with Crippen molar-refractivity contribution in [3.63, 3.8) is 0 Å². The van der Waals surface area contributed by atoms with Crippen molar-refractivity contribution in [2.45, 2.75) is 42.8 Å². The van der Waals surface area contributed by atoms with E-state index >= 15 is 0 Å². The van der Waals surface area contributed by atoms with Crippen molar-refractivity contribution in [2.24, 2.45) is 5.92 Å². The lowest BCUT2D eigenvalue weighted by molar-refractivity contribution is -0.183. The van der Waals surface area contributed by atoms with Crippen LogP contribution in [0.1, 0.15) is 36.0 Å². The van der Waals surface area contributed by atoms with Crippen molar-refractivity contribution >= 4 is 33.2 Å². The number of amides is 1. The summed E-state index contributed by atoms with van der Waals surface area (Å²) in [5, 5.41) is 2.49. The highest BCUT2D eigenvalue weighted by Gasteiger charge is 2.42. The summed E-state index contributed by atoms with van der Waals surface area (Å²) in [6.45, 7) is 0. The van der Waals surface area contributed by atoms with Crippen molar-refractivity contribution in [1.29, 1.82) is 0 Å². The Hall–Kier alpha value is -2.33. The number of hydrogen-bond donors (Lipinski definition) is 2. The highest BCUT2D eigenvalue weighted by Crippen LogP contribution is 2.37. The molecule has 1 saturated carbocycles. The van der Waals surface area contributed by atoms with Gasteiger partial charge in [-0.05, 0) is 61.7 Å². The van der Waals surface area contributed by atoms with Gasteiger partial charge >= 0.3 is 6.18 Å². The van der Waals surface area contributed by atoms with Crippen molar-refractivity contribution in [3.8, 4) is 0 Å². The molecule has 1 amide bonds. The summed E-state index contributed by atoms with van der Waals surface area (Å²) in [5.41, 5.74) is -0.0551. The number of anilines is 1.